The van der Waals surface area contributed by atoms with E-state index in [0.717, 1.165) is 36.1 Å². The van der Waals surface area contributed by atoms with Gasteiger partial charge in [0.25, 0.3) is 0 Å². The van der Waals surface area contributed by atoms with Crippen molar-refractivity contribution in [1.82, 2.24) is 15.3 Å². The molecule has 2 aromatic rings. The molecule has 11 heteroatoms. The van der Waals surface area contributed by atoms with Gasteiger partial charge in [-0.25, -0.2) is 14.8 Å². The molecule has 2 heterocycles. The highest BCUT2D eigenvalue weighted by Gasteiger charge is 2.48. The molecule has 0 radical (unpaired) electrons. The summed E-state index contributed by atoms with van der Waals surface area (Å²) < 4.78 is 11.8. The van der Waals surface area contributed by atoms with Crippen LogP contribution < -0.4 is 10.1 Å². The monoisotopic (exact) mass is 489 g/mol. The Morgan fingerprint density at radius 1 is 1.23 bits per heavy atom. The van der Waals surface area contributed by atoms with Gasteiger partial charge in [-0.1, -0.05) is 6.07 Å². The van der Waals surface area contributed by atoms with E-state index in [0.29, 0.717) is 6.61 Å². The van der Waals surface area contributed by atoms with Crippen molar-refractivity contribution >= 4 is 11.9 Å². The lowest BCUT2D eigenvalue weighted by Crippen LogP contribution is -2.58. The lowest BCUT2D eigenvalue weighted by atomic mass is 9.71. The fourth-order valence-corrected chi connectivity index (χ4v) is 4.69. The number of aliphatic carboxylic acids is 2. The average molecular weight is 490 g/mol. The van der Waals surface area contributed by atoms with Crippen LogP contribution >= 0.6 is 0 Å². The topological polar surface area (TPSA) is 171 Å². The largest absolute Gasteiger partial charge is 0.494 e. The number of nitrogens with one attached hydrogen (secondary N) is 1. The molecule has 1 saturated carbocycles. The molecule has 1 fully saturated rings. The van der Waals surface area contributed by atoms with Crippen molar-refractivity contribution in [3.63, 3.8) is 0 Å². The summed E-state index contributed by atoms with van der Waals surface area (Å²) in [6, 6.07) is 6.35. The van der Waals surface area contributed by atoms with E-state index in [1.165, 1.54) is 11.9 Å². The molecule has 5 atom stereocenters. The molecule has 1 aromatic carbocycles. The first-order valence-corrected chi connectivity index (χ1v) is 11.4. The van der Waals surface area contributed by atoms with Gasteiger partial charge >= 0.3 is 11.9 Å². The van der Waals surface area contributed by atoms with E-state index < -0.39 is 30.2 Å². The summed E-state index contributed by atoms with van der Waals surface area (Å²) in [5, 5.41) is 38.1. The van der Waals surface area contributed by atoms with Crippen molar-refractivity contribution in [2.75, 3.05) is 13.7 Å². The Morgan fingerprint density at radius 3 is 2.51 bits per heavy atom. The fourth-order valence-electron chi connectivity index (χ4n) is 4.69. The number of rotatable bonds is 7. The first kappa shape index (κ1) is 26.5. The van der Waals surface area contributed by atoms with Gasteiger partial charge in [0, 0.05) is 42.6 Å². The Bertz CT molecular complexity index is 1020. The molecular weight excluding hydrogens is 458 g/mol. The zero-order chi connectivity index (χ0) is 25.6. The highest BCUT2D eigenvalue weighted by molar-refractivity contribution is 5.79. The van der Waals surface area contributed by atoms with Gasteiger partial charge in [0.2, 0.25) is 0 Å². The Labute approximate surface area is 202 Å². The molecule has 11 nitrogen and oxygen atoms in total. The normalized spacial score (nSPS) is 25.8. The van der Waals surface area contributed by atoms with Crippen molar-refractivity contribution in [2.45, 2.75) is 62.5 Å². The van der Waals surface area contributed by atoms with Crippen LogP contribution in [0.4, 0.5) is 0 Å². The summed E-state index contributed by atoms with van der Waals surface area (Å²) in [4.78, 5) is 27.8. The summed E-state index contributed by atoms with van der Waals surface area (Å²) in [6.45, 7) is 2.60. The summed E-state index contributed by atoms with van der Waals surface area (Å²) in [5.41, 5.74) is 2.28. The third kappa shape index (κ3) is 5.93. The zero-order valence-corrected chi connectivity index (χ0v) is 19.6. The van der Waals surface area contributed by atoms with Gasteiger partial charge in [0.1, 0.15) is 12.1 Å². The van der Waals surface area contributed by atoms with E-state index in [1.807, 2.05) is 13.0 Å². The fraction of sp³-hybridized carbons (Fsp3) is 0.500. The second-order valence-corrected chi connectivity index (χ2v) is 8.47. The van der Waals surface area contributed by atoms with Gasteiger partial charge in [-0.3, -0.25) is 10.1 Å². The minimum absolute atomic E-state index is 0.211. The third-order valence-corrected chi connectivity index (χ3v) is 6.25. The number of carboxylic acids is 2. The van der Waals surface area contributed by atoms with E-state index >= 15 is 0 Å². The number of ether oxygens (including phenoxy) is 2. The summed E-state index contributed by atoms with van der Waals surface area (Å²) in [6.07, 6.45) is 4.72. The number of carboxylic acid groups (broad SMARTS) is 2. The lowest BCUT2D eigenvalue weighted by Gasteiger charge is -2.49. The molecule has 5 N–H and O–H groups in total. The van der Waals surface area contributed by atoms with Crippen molar-refractivity contribution in [3.8, 4) is 5.75 Å². The molecule has 35 heavy (non-hydrogen) atoms. The summed E-state index contributed by atoms with van der Waals surface area (Å²) in [7, 11) is 1.71. The van der Waals surface area contributed by atoms with Crippen molar-refractivity contribution in [1.29, 1.82) is 0 Å². The highest BCUT2D eigenvalue weighted by Crippen LogP contribution is 2.47. The van der Waals surface area contributed by atoms with E-state index in [2.05, 4.69) is 27.4 Å². The van der Waals surface area contributed by atoms with Gasteiger partial charge in [-0.15, -0.1) is 0 Å². The number of benzene rings is 1. The third-order valence-electron chi connectivity index (χ3n) is 6.25. The molecule has 0 bridgehead atoms. The van der Waals surface area contributed by atoms with Crippen LogP contribution in [0, 0.1) is 0 Å². The molecule has 1 aromatic heterocycles. The van der Waals surface area contributed by atoms with E-state index in [1.54, 1.807) is 19.5 Å². The number of aliphatic hydroxyl groups excluding tert-OH is 2. The number of carbonyl (C=O) groups is 2. The maximum atomic E-state index is 10.2. The van der Waals surface area contributed by atoms with Gasteiger partial charge in [0.15, 0.2) is 11.8 Å². The SMILES string of the molecule is CCOc1ccc2c(c1)[C@H]1C[C@H](O)CC[C@H]1NC2(OC)c1cncnc1.O=C(O)C[C@H](O)C(=O)O. The number of hydrogen-bond donors (Lipinski definition) is 5. The standard InChI is InChI=1S/C20H25N3O3.C4H6O5/c1-3-26-15-5-6-18-16(9-15)17-8-14(24)4-7-19(17)23-20(18,25-2)13-10-21-12-22-11-13;5-2(4(8)9)1-3(6)7/h5-6,9-12,14,17,19,23-24H,3-4,7-8H2,1-2H3;2,5H,1H2,(H,6,7)(H,8,9)/t14-,17-,19-,20?;2-/m10/s1. The molecule has 0 amide bonds. The molecule has 1 unspecified atom stereocenters. The number of aromatic nitrogens is 2. The van der Waals surface area contributed by atoms with Gasteiger partial charge in [-0.2, -0.15) is 0 Å². The lowest BCUT2D eigenvalue weighted by molar-refractivity contribution is -0.152. The van der Waals surface area contributed by atoms with Crippen LogP contribution in [-0.2, 0) is 20.1 Å². The van der Waals surface area contributed by atoms with Crippen molar-refractivity contribution in [3.05, 3.63) is 53.6 Å². The van der Waals surface area contributed by atoms with E-state index in [-0.39, 0.29) is 18.1 Å². The van der Waals surface area contributed by atoms with Crippen LogP contribution in [0.1, 0.15) is 55.2 Å². The van der Waals surface area contributed by atoms with E-state index in [9.17, 15) is 14.7 Å². The molecule has 190 valence electrons. The maximum absolute atomic E-state index is 10.2. The first-order chi connectivity index (χ1) is 16.7. The molecule has 0 saturated heterocycles. The predicted octanol–water partition coefficient (Wildman–Crippen LogP) is 1.23. The second kappa shape index (κ2) is 11.5. The van der Waals surface area contributed by atoms with Gasteiger partial charge in [0.05, 0.1) is 19.1 Å². The number of hydrogen-bond acceptors (Lipinski definition) is 9. The molecule has 2 aliphatic rings. The van der Waals surface area contributed by atoms with Crippen LogP contribution in [0.5, 0.6) is 5.75 Å². The average Bonchev–Trinajstić information content (AvgIpc) is 2.84. The van der Waals surface area contributed by atoms with Crippen LogP contribution in [0.3, 0.4) is 0 Å². The quantitative estimate of drug-likeness (QED) is 0.379. The number of aliphatic hydroxyl groups is 2. The first-order valence-electron chi connectivity index (χ1n) is 11.4. The Hall–Kier alpha value is -3.12. The number of nitrogens with zero attached hydrogens (tertiary/aromatic N) is 2. The molecule has 1 aliphatic heterocycles. The predicted molar refractivity (Wildman–Crippen MR) is 123 cm³/mol. The second-order valence-electron chi connectivity index (χ2n) is 8.47. The summed E-state index contributed by atoms with van der Waals surface area (Å²) in [5.74, 6) is -1.77. The minimum atomic E-state index is -1.79. The van der Waals surface area contributed by atoms with E-state index in [4.69, 9.17) is 24.8 Å². The van der Waals surface area contributed by atoms with Crippen LogP contribution in [0.15, 0.2) is 36.9 Å². The van der Waals surface area contributed by atoms with Crippen LogP contribution in [0.25, 0.3) is 0 Å². The molecule has 1 aliphatic carbocycles. The van der Waals surface area contributed by atoms with Crippen molar-refractivity contribution in [2.24, 2.45) is 0 Å². The molecular formula is C24H31N3O8. The van der Waals surface area contributed by atoms with Gasteiger partial charge < -0.3 is 29.9 Å². The minimum Gasteiger partial charge on any atom is -0.494 e. The highest BCUT2D eigenvalue weighted by atomic mass is 16.5. The van der Waals surface area contributed by atoms with Gasteiger partial charge in [-0.05, 0) is 43.9 Å². The Kier molecular flexibility index (Phi) is 8.73. The van der Waals surface area contributed by atoms with Crippen molar-refractivity contribution < 1.29 is 39.5 Å². The summed E-state index contributed by atoms with van der Waals surface area (Å²) >= 11 is 0. The number of methoxy groups -OCH3 is 1. The smallest absolute Gasteiger partial charge is 0.333 e. The Balaban J connectivity index is 0.000000327. The molecule has 4 rings (SSSR count). The molecule has 0 spiro atoms. The van der Waals surface area contributed by atoms with Crippen LogP contribution in [0.2, 0.25) is 0 Å². The maximum Gasteiger partial charge on any atom is 0.333 e. The number of fused-ring (bicyclic) bond motifs is 3. The van der Waals surface area contributed by atoms with Crippen LogP contribution in [-0.4, -0.2) is 74.3 Å². The zero-order valence-electron chi connectivity index (χ0n) is 19.6. The Morgan fingerprint density at radius 2 is 1.94 bits per heavy atom.